The Hall–Kier alpha value is -0.580. The lowest BCUT2D eigenvalue weighted by atomic mass is 10.2. The third kappa shape index (κ3) is 3.00. The molecular formula is C12H12BrClN2S. The summed E-state index contributed by atoms with van der Waals surface area (Å²) >= 11 is 11.2. The molecule has 0 spiro atoms. The number of pyridine rings is 1. The summed E-state index contributed by atoms with van der Waals surface area (Å²) in [4.78, 5) is 5.42. The second kappa shape index (κ2) is 5.38. The molecule has 0 saturated carbocycles. The van der Waals surface area contributed by atoms with Crippen molar-refractivity contribution in [1.82, 2.24) is 4.98 Å². The van der Waals surface area contributed by atoms with Crippen LogP contribution < -0.4 is 5.32 Å². The first-order valence-electron chi connectivity index (χ1n) is 5.19. The molecule has 0 aromatic carbocycles. The van der Waals surface area contributed by atoms with Gasteiger partial charge in [0.2, 0.25) is 0 Å². The minimum Gasteiger partial charge on any atom is -0.375 e. The summed E-state index contributed by atoms with van der Waals surface area (Å²) in [5, 5.41) is 5.98. The highest BCUT2D eigenvalue weighted by molar-refractivity contribution is 9.10. The Bertz CT molecular complexity index is 527. The van der Waals surface area contributed by atoms with Gasteiger partial charge in [-0.15, -0.1) is 11.3 Å². The van der Waals surface area contributed by atoms with Gasteiger partial charge in [0.25, 0.3) is 0 Å². The number of hydrogen-bond donors (Lipinski definition) is 1. The molecule has 2 nitrogen and oxygen atoms in total. The van der Waals surface area contributed by atoms with E-state index < -0.39 is 0 Å². The summed E-state index contributed by atoms with van der Waals surface area (Å²) in [5.41, 5.74) is 2.15. The topological polar surface area (TPSA) is 24.9 Å². The Balaban J connectivity index is 2.21. The predicted octanol–water partition coefficient (Wildman–Crippen LogP) is 5.04. The van der Waals surface area contributed by atoms with Crippen molar-refractivity contribution in [2.45, 2.75) is 19.9 Å². The molecule has 1 atom stereocenters. The van der Waals surface area contributed by atoms with Crippen LogP contribution in [0.2, 0.25) is 5.15 Å². The average molecular weight is 332 g/mol. The minimum absolute atomic E-state index is 0.226. The third-order valence-electron chi connectivity index (χ3n) is 2.47. The fourth-order valence-corrected chi connectivity index (χ4v) is 3.08. The van der Waals surface area contributed by atoms with Crippen molar-refractivity contribution in [3.63, 3.8) is 0 Å². The largest absolute Gasteiger partial charge is 0.375 e. The van der Waals surface area contributed by atoms with E-state index in [9.17, 15) is 0 Å². The molecular weight excluding hydrogens is 320 g/mol. The number of aromatic nitrogens is 1. The van der Waals surface area contributed by atoms with Crippen LogP contribution in [0.5, 0.6) is 0 Å². The zero-order valence-electron chi connectivity index (χ0n) is 9.50. The SMILES string of the molecule is Cc1ccsc1C(C)Nc1cc(Br)cnc1Cl. The van der Waals surface area contributed by atoms with E-state index in [-0.39, 0.29) is 6.04 Å². The van der Waals surface area contributed by atoms with Crippen LogP contribution in [0.3, 0.4) is 0 Å². The lowest BCUT2D eigenvalue weighted by Gasteiger charge is -2.15. The fraction of sp³-hybridized carbons (Fsp3) is 0.250. The summed E-state index contributed by atoms with van der Waals surface area (Å²) in [6, 6.07) is 4.29. The summed E-state index contributed by atoms with van der Waals surface area (Å²) in [5.74, 6) is 0. The van der Waals surface area contributed by atoms with Crippen LogP contribution in [0.4, 0.5) is 5.69 Å². The van der Waals surface area contributed by atoms with Crippen molar-refractivity contribution in [1.29, 1.82) is 0 Å². The van der Waals surface area contributed by atoms with Gasteiger partial charge in [0.05, 0.1) is 11.7 Å². The molecule has 0 saturated heterocycles. The van der Waals surface area contributed by atoms with Crippen LogP contribution in [0.25, 0.3) is 0 Å². The monoisotopic (exact) mass is 330 g/mol. The third-order valence-corrected chi connectivity index (χ3v) is 4.41. The summed E-state index contributed by atoms with van der Waals surface area (Å²) in [6.45, 7) is 4.24. The Morgan fingerprint density at radius 2 is 2.29 bits per heavy atom. The molecule has 0 fully saturated rings. The van der Waals surface area contributed by atoms with Crippen molar-refractivity contribution < 1.29 is 0 Å². The Kier molecular flexibility index (Phi) is 4.07. The lowest BCUT2D eigenvalue weighted by molar-refractivity contribution is 0.897. The maximum Gasteiger partial charge on any atom is 0.152 e. The minimum atomic E-state index is 0.226. The fourth-order valence-electron chi connectivity index (χ4n) is 1.65. The van der Waals surface area contributed by atoms with E-state index >= 15 is 0 Å². The van der Waals surface area contributed by atoms with E-state index in [1.54, 1.807) is 17.5 Å². The van der Waals surface area contributed by atoms with Crippen LogP contribution in [-0.2, 0) is 0 Å². The van der Waals surface area contributed by atoms with Crippen LogP contribution >= 0.6 is 38.9 Å². The van der Waals surface area contributed by atoms with Gasteiger partial charge in [-0.1, -0.05) is 11.6 Å². The molecule has 0 aliphatic rings. The zero-order chi connectivity index (χ0) is 12.4. The van der Waals surface area contributed by atoms with Crippen LogP contribution in [0.15, 0.2) is 28.2 Å². The first-order valence-corrected chi connectivity index (χ1v) is 7.24. The van der Waals surface area contributed by atoms with Gasteiger partial charge in [0, 0.05) is 15.5 Å². The second-order valence-corrected chi connectivity index (χ2v) is 6.05. The Labute approximate surface area is 118 Å². The summed E-state index contributed by atoms with van der Waals surface area (Å²) < 4.78 is 0.916. The van der Waals surface area contributed by atoms with Crippen LogP contribution in [0, 0.1) is 6.92 Å². The number of rotatable bonds is 3. The summed E-state index contributed by atoms with van der Waals surface area (Å²) in [6.07, 6.45) is 1.69. The second-order valence-electron chi connectivity index (χ2n) is 3.83. The molecule has 2 aromatic rings. The molecule has 0 aliphatic heterocycles. The van der Waals surface area contributed by atoms with Gasteiger partial charge in [-0.3, -0.25) is 0 Å². The van der Waals surface area contributed by atoms with Crippen molar-refractivity contribution in [2.24, 2.45) is 0 Å². The zero-order valence-corrected chi connectivity index (χ0v) is 12.7. The van der Waals surface area contributed by atoms with E-state index in [0.29, 0.717) is 5.15 Å². The average Bonchev–Trinajstić information content (AvgIpc) is 2.70. The van der Waals surface area contributed by atoms with Gasteiger partial charge in [-0.25, -0.2) is 4.98 Å². The smallest absolute Gasteiger partial charge is 0.152 e. The number of nitrogens with zero attached hydrogens (tertiary/aromatic N) is 1. The van der Waals surface area contributed by atoms with E-state index in [1.165, 1.54) is 10.4 Å². The van der Waals surface area contributed by atoms with E-state index in [0.717, 1.165) is 10.2 Å². The van der Waals surface area contributed by atoms with Crippen molar-refractivity contribution >= 4 is 44.6 Å². The number of hydrogen-bond acceptors (Lipinski definition) is 3. The van der Waals surface area contributed by atoms with Gasteiger partial charge in [-0.2, -0.15) is 0 Å². The predicted molar refractivity (Wildman–Crippen MR) is 78.0 cm³/mol. The maximum absolute atomic E-state index is 6.05. The van der Waals surface area contributed by atoms with Gasteiger partial charge in [-0.05, 0) is 52.9 Å². The highest BCUT2D eigenvalue weighted by Crippen LogP contribution is 2.30. The molecule has 1 N–H and O–H groups in total. The molecule has 2 heterocycles. The first-order chi connectivity index (χ1) is 8.08. The number of anilines is 1. The van der Waals surface area contributed by atoms with E-state index in [2.05, 4.69) is 51.5 Å². The van der Waals surface area contributed by atoms with Gasteiger partial charge < -0.3 is 5.32 Å². The van der Waals surface area contributed by atoms with Crippen LogP contribution in [-0.4, -0.2) is 4.98 Å². The summed E-state index contributed by atoms with van der Waals surface area (Å²) in [7, 11) is 0. The van der Waals surface area contributed by atoms with Crippen LogP contribution in [0.1, 0.15) is 23.4 Å². The number of aryl methyl sites for hydroxylation is 1. The van der Waals surface area contributed by atoms with Gasteiger partial charge >= 0.3 is 0 Å². The molecule has 5 heteroatoms. The standard InChI is InChI=1S/C12H12BrClN2S/c1-7-3-4-17-11(7)8(2)16-10-5-9(13)6-15-12(10)14/h3-6,8,16H,1-2H3. The van der Waals surface area contributed by atoms with Crippen molar-refractivity contribution in [3.05, 3.63) is 43.8 Å². The van der Waals surface area contributed by atoms with Gasteiger partial charge in [0.1, 0.15) is 0 Å². The molecule has 0 radical (unpaired) electrons. The molecule has 17 heavy (non-hydrogen) atoms. The Morgan fingerprint density at radius 3 is 2.94 bits per heavy atom. The molecule has 0 aliphatic carbocycles. The highest BCUT2D eigenvalue weighted by Gasteiger charge is 2.12. The molecule has 1 unspecified atom stereocenters. The highest BCUT2D eigenvalue weighted by atomic mass is 79.9. The molecule has 0 bridgehead atoms. The number of halogens is 2. The first kappa shape index (κ1) is 12.9. The Morgan fingerprint density at radius 1 is 1.53 bits per heavy atom. The number of thiophene rings is 1. The quantitative estimate of drug-likeness (QED) is 0.797. The normalized spacial score (nSPS) is 12.5. The lowest BCUT2D eigenvalue weighted by Crippen LogP contribution is -2.06. The van der Waals surface area contributed by atoms with E-state index in [4.69, 9.17) is 11.6 Å². The number of nitrogens with one attached hydrogen (secondary N) is 1. The molecule has 2 aromatic heterocycles. The molecule has 90 valence electrons. The van der Waals surface area contributed by atoms with Crippen molar-refractivity contribution in [3.8, 4) is 0 Å². The molecule has 2 rings (SSSR count). The molecule has 0 amide bonds. The van der Waals surface area contributed by atoms with Crippen molar-refractivity contribution in [2.75, 3.05) is 5.32 Å². The van der Waals surface area contributed by atoms with E-state index in [1.807, 2.05) is 6.07 Å². The maximum atomic E-state index is 6.05. The van der Waals surface area contributed by atoms with Gasteiger partial charge in [0.15, 0.2) is 5.15 Å².